The molecule has 88 valence electrons. The molecule has 1 fully saturated rings. The van der Waals surface area contributed by atoms with E-state index in [9.17, 15) is 4.79 Å². The van der Waals surface area contributed by atoms with Crippen molar-refractivity contribution in [1.82, 2.24) is 14.3 Å². The number of aryl methyl sites for hydroxylation is 1. The lowest BCUT2D eigenvalue weighted by molar-refractivity contribution is 0.530. The van der Waals surface area contributed by atoms with Crippen molar-refractivity contribution in [3.8, 4) is 0 Å². The molecule has 1 aliphatic rings. The first-order valence-electron chi connectivity index (χ1n) is 5.89. The molecule has 17 heavy (non-hydrogen) atoms. The van der Waals surface area contributed by atoms with Crippen LogP contribution in [0.1, 0.15) is 17.9 Å². The molecule has 0 saturated heterocycles. The molecule has 0 spiro atoms. The minimum atomic E-state index is -0.0243. The van der Waals surface area contributed by atoms with Gasteiger partial charge in [-0.1, -0.05) is 30.3 Å². The smallest absolute Gasteiger partial charge is 0.285 e. The van der Waals surface area contributed by atoms with Crippen LogP contribution in [0.2, 0.25) is 0 Å². The minimum Gasteiger partial charge on any atom is -0.285 e. The maximum atomic E-state index is 11.6. The first-order chi connectivity index (χ1) is 8.25. The third-order valence-electron chi connectivity index (χ3n) is 3.44. The summed E-state index contributed by atoms with van der Waals surface area (Å²) >= 11 is 0. The second-order valence-electron chi connectivity index (χ2n) is 4.72. The quantitative estimate of drug-likeness (QED) is 0.797. The highest BCUT2D eigenvalue weighted by Gasteiger charge is 2.38. The van der Waals surface area contributed by atoms with Crippen LogP contribution in [0.15, 0.2) is 41.5 Å². The number of rotatable bonds is 3. The van der Waals surface area contributed by atoms with Gasteiger partial charge in [-0.25, -0.2) is 9.48 Å². The molecule has 0 bridgehead atoms. The summed E-state index contributed by atoms with van der Waals surface area (Å²) in [5.74, 6) is 1.16. The highest BCUT2D eigenvalue weighted by atomic mass is 16.2. The monoisotopic (exact) mass is 229 g/mol. The Morgan fingerprint density at radius 2 is 2.12 bits per heavy atom. The van der Waals surface area contributed by atoms with Gasteiger partial charge in [0.05, 0.1) is 0 Å². The second-order valence-corrected chi connectivity index (χ2v) is 4.72. The molecule has 0 radical (unpaired) electrons. The predicted molar refractivity (Wildman–Crippen MR) is 64.8 cm³/mol. The van der Waals surface area contributed by atoms with E-state index >= 15 is 0 Å². The van der Waals surface area contributed by atoms with Crippen molar-refractivity contribution in [2.24, 2.45) is 13.0 Å². The van der Waals surface area contributed by atoms with Crippen LogP contribution in [0.5, 0.6) is 0 Å². The minimum absolute atomic E-state index is 0.0243. The lowest BCUT2D eigenvalue weighted by atomic mass is 10.1. The molecule has 0 N–H and O–H groups in total. The Morgan fingerprint density at radius 3 is 2.76 bits per heavy atom. The molecular formula is C13H15N3O. The van der Waals surface area contributed by atoms with Crippen LogP contribution in [0.25, 0.3) is 0 Å². The van der Waals surface area contributed by atoms with E-state index in [4.69, 9.17) is 0 Å². The van der Waals surface area contributed by atoms with Crippen LogP contribution < -0.4 is 5.69 Å². The van der Waals surface area contributed by atoms with E-state index in [0.29, 0.717) is 11.8 Å². The molecule has 4 nitrogen and oxygen atoms in total. The lowest BCUT2D eigenvalue weighted by Gasteiger charge is -2.00. The number of benzene rings is 1. The van der Waals surface area contributed by atoms with E-state index in [1.165, 1.54) is 10.1 Å². The number of aromatic nitrogens is 3. The van der Waals surface area contributed by atoms with E-state index in [1.807, 2.05) is 6.07 Å². The molecule has 1 aromatic carbocycles. The fourth-order valence-electron chi connectivity index (χ4n) is 2.33. The van der Waals surface area contributed by atoms with Gasteiger partial charge in [0, 0.05) is 13.6 Å². The second kappa shape index (κ2) is 3.87. The summed E-state index contributed by atoms with van der Waals surface area (Å²) in [4.78, 5) is 11.6. The van der Waals surface area contributed by atoms with Crippen molar-refractivity contribution in [3.63, 3.8) is 0 Å². The summed E-state index contributed by atoms with van der Waals surface area (Å²) in [5, 5.41) is 4.09. The van der Waals surface area contributed by atoms with Gasteiger partial charge < -0.3 is 0 Å². The van der Waals surface area contributed by atoms with E-state index in [0.717, 1.165) is 13.0 Å². The maximum Gasteiger partial charge on any atom is 0.345 e. The summed E-state index contributed by atoms with van der Waals surface area (Å²) in [6, 6.07) is 10.5. The Hall–Kier alpha value is -1.84. The zero-order valence-electron chi connectivity index (χ0n) is 9.78. The summed E-state index contributed by atoms with van der Waals surface area (Å²) in [7, 11) is 1.73. The Labute approximate surface area is 99.5 Å². The van der Waals surface area contributed by atoms with Crippen molar-refractivity contribution in [2.45, 2.75) is 18.9 Å². The molecule has 3 rings (SSSR count). The van der Waals surface area contributed by atoms with E-state index < -0.39 is 0 Å². The van der Waals surface area contributed by atoms with Gasteiger partial charge in [0.15, 0.2) is 0 Å². The van der Waals surface area contributed by atoms with Gasteiger partial charge in [0.1, 0.15) is 6.33 Å². The third-order valence-corrected chi connectivity index (χ3v) is 3.44. The highest BCUT2D eigenvalue weighted by molar-refractivity contribution is 5.25. The summed E-state index contributed by atoms with van der Waals surface area (Å²) < 4.78 is 3.08. The molecule has 1 aliphatic carbocycles. The Morgan fingerprint density at radius 1 is 1.35 bits per heavy atom. The van der Waals surface area contributed by atoms with Gasteiger partial charge in [-0.15, -0.1) is 0 Å². The topological polar surface area (TPSA) is 39.8 Å². The first-order valence-corrected chi connectivity index (χ1v) is 5.89. The van der Waals surface area contributed by atoms with Crippen LogP contribution in [0.3, 0.4) is 0 Å². The molecule has 1 saturated carbocycles. The fraction of sp³-hybridized carbons (Fsp3) is 0.385. The first kappa shape index (κ1) is 10.3. The van der Waals surface area contributed by atoms with E-state index in [1.54, 1.807) is 18.1 Å². The summed E-state index contributed by atoms with van der Waals surface area (Å²) in [5.41, 5.74) is 1.35. The van der Waals surface area contributed by atoms with Crippen molar-refractivity contribution < 1.29 is 0 Å². The summed E-state index contributed by atoms with van der Waals surface area (Å²) in [6.45, 7) is 0.735. The number of nitrogens with zero attached hydrogens (tertiary/aromatic N) is 3. The molecule has 1 heterocycles. The van der Waals surface area contributed by atoms with Crippen LogP contribution in [0, 0.1) is 5.92 Å². The number of hydrogen-bond acceptors (Lipinski definition) is 2. The highest BCUT2D eigenvalue weighted by Crippen LogP contribution is 2.47. The van der Waals surface area contributed by atoms with Crippen LogP contribution in [-0.4, -0.2) is 14.3 Å². The molecule has 4 heteroatoms. The van der Waals surface area contributed by atoms with E-state index in [-0.39, 0.29) is 5.69 Å². The molecule has 2 atom stereocenters. The fourth-order valence-corrected chi connectivity index (χ4v) is 2.33. The lowest BCUT2D eigenvalue weighted by Crippen LogP contribution is -2.23. The third kappa shape index (κ3) is 1.90. The van der Waals surface area contributed by atoms with Gasteiger partial charge in [0.25, 0.3) is 0 Å². The average Bonchev–Trinajstić information content (AvgIpc) is 3.06. The van der Waals surface area contributed by atoms with Crippen molar-refractivity contribution in [3.05, 3.63) is 52.7 Å². The summed E-state index contributed by atoms with van der Waals surface area (Å²) in [6.07, 6.45) is 2.73. The molecule has 0 amide bonds. The van der Waals surface area contributed by atoms with Crippen molar-refractivity contribution in [1.29, 1.82) is 0 Å². The SMILES string of the molecule is Cn1cnn(C[C@@H]2C[C@H]2c2ccccc2)c1=O. The molecule has 0 unspecified atom stereocenters. The van der Waals surface area contributed by atoms with Crippen LogP contribution in [0.4, 0.5) is 0 Å². The number of hydrogen-bond donors (Lipinski definition) is 0. The molecular weight excluding hydrogens is 214 g/mol. The zero-order chi connectivity index (χ0) is 11.8. The molecule has 1 aromatic heterocycles. The van der Waals surface area contributed by atoms with Crippen molar-refractivity contribution >= 4 is 0 Å². The van der Waals surface area contributed by atoms with Gasteiger partial charge in [-0.3, -0.25) is 4.57 Å². The Balaban J connectivity index is 1.71. The zero-order valence-corrected chi connectivity index (χ0v) is 9.78. The predicted octanol–water partition coefficient (Wildman–Crippen LogP) is 1.39. The van der Waals surface area contributed by atoms with E-state index in [2.05, 4.69) is 29.4 Å². The standard InChI is InChI=1S/C13H15N3O/c1-15-9-14-16(13(15)17)8-11-7-12(11)10-5-3-2-4-6-10/h2-6,9,11-12H,7-8H2,1H3/t11-,12-/m0/s1. The molecule has 0 aliphatic heterocycles. The van der Waals surface area contributed by atoms with Crippen LogP contribution >= 0.6 is 0 Å². The molecule has 2 aromatic rings. The van der Waals surface area contributed by atoms with Gasteiger partial charge in [-0.05, 0) is 23.8 Å². The normalized spacial score (nSPS) is 22.6. The maximum absolute atomic E-state index is 11.6. The van der Waals surface area contributed by atoms with Gasteiger partial charge in [0.2, 0.25) is 0 Å². The van der Waals surface area contributed by atoms with Crippen molar-refractivity contribution in [2.75, 3.05) is 0 Å². The van der Waals surface area contributed by atoms with Gasteiger partial charge >= 0.3 is 5.69 Å². The van der Waals surface area contributed by atoms with Gasteiger partial charge in [-0.2, -0.15) is 5.10 Å². The van der Waals surface area contributed by atoms with Crippen LogP contribution in [-0.2, 0) is 13.6 Å². The Kier molecular flexibility index (Phi) is 2.35. The largest absolute Gasteiger partial charge is 0.345 e. The Bertz CT molecular complexity index is 570. The average molecular weight is 229 g/mol.